The fourth-order valence-electron chi connectivity index (χ4n) is 2.31. The van der Waals surface area contributed by atoms with Crippen LogP contribution < -0.4 is 5.32 Å². The Balaban J connectivity index is 2.19. The van der Waals surface area contributed by atoms with Gasteiger partial charge in [0.05, 0.1) is 12.5 Å². The zero-order valence-electron chi connectivity index (χ0n) is 11.5. The van der Waals surface area contributed by atoms with Crippen LogP contribution in [0.2, 0.25) is 0 Å². The topological polar surface area (TPSA) is 38.3 Å². The van der Waals surface area contributed by atoms with Gasteiger partial charge in [-0.3, -0.25) is 4.79 Å². The molecule has 0 aromatic heterocycles. The van der Waals surface area contributed by atoms with Crippen molar-refractivity contribution in [2.75, 3.05) is 13.2 Å². The van der Waals surface area contributed by atoms with Crippen molar-refractivity contribution in [3.63, 3.8) is 0 Å². The smallest absolute Gasteiger partial charge is 0.308 e. The molecule has 3 heteroatoms. The van der Waals surface area contributed by atoms with Crippen LogP contribution in [0.3, 0.4) is 0 Å². The fourth-order valence-corrected chi connectivity index (χ4v) is 2.31. The molecule has 1 saturated carbocycles. The highest BCUT2D eigenvalue weighted by molar-refractivity contribution is 5.72. The average molecular weight is 241 g/mol. The predicted octanol–water partition coefficient (Wildman–Crippen LogP) is 2.74. The second-order valence-electron chi connectivity index (χ2n) is 5.22. The summed E-state index contributed by atoms with van der Waals surface area (Å²) < 4.78 is 5.07. The van der Waals surface area contributed by atoms with Gasteiger partial charge in [-0.2, -0.15) is 0 Å². The van der Waals surface area contributed by atoms with E-state index in [0.717, 1.165) is 38.1 Å². The Labute approximate surface area is 105 Å². The van der Waals surface area contributed by atoms with Crippen LogP contribution in [0.4, 0.5) is 0 Å². The lowest BCUT2D eigenvalue weighted by molar-refractivity contribution is -0.149. The third-order valence-corrected chi connectivity index (χ3v) is 3.80. The molecule has 1 fully saturated rings. The maximum absolute atomic E-state index is 11.6. The summed E-state index contributed by atoms with van der Waals surface area (Å²) in [5.74, 6) is 0.905. The van der Waals surface area contributed by atoms with Gasteiger partial charge in [-0.1, -0.05) is 20.3 Å². The molecule has 0 aliphatic heterocycles. The van der Waals surface area contributed by atoms with Gasteiger partial charge >= 0.3 is 5.97 Å². The van der Waals surface area contributed by atoms with Crippen molar-refractivity contribution in [3.8, 4) is 0 Å². The van der Waals surface area contributed by atoms with Gasteiger partial charge in [-0.05, 0) is 45.1 Å². The summed E-state index contributed by atoms with van der Waals surface area (Å²) in [6, 6.07) is 0.606. The Morgan fingerprint density at radius 2 is 1.94 bits per heavy atom. The van der Waals surface area contributed by atoms with Crippen molar-refractivity contribution in [2.45, 2.75) is 58.9 Å². The van der Waals surface area contributed by atoms with E-state index >= 15 is 0 Å². The maximum atomic E-state index is 11.6. The van der Waals surface area contributed by atoms with Crippen molar-refractivity contribution in [2.24, 2.45) is 11.8 Å². The highest BCUT2D eigenvalue weighted by Gasteiger charge is 2.26. The molecule has 0 amide bonds. The molecule has 1 atom stereocenters. The quantitative estimate of drug-likeness (QED) is 0.727. The van der Waals surface area contributed by atoms with Crippen LogP contribution in [0.15, 0.2) is 0 Å². The van der Waals surface area contributed by atoms with Gasteiger partial charge in [0.25, 0.3) is 0 Å². The van der Waals surface area contributed by atoms with Gasteiger partial charge in [-0.15, -0.1) is 0 Å². The highest BCUT2D eigenvalue weighted by atomic mass is 16.5. The Kier molecular flexibility index (Phi) is 6.56. The second-order valence-corrected chi connectivity index (χ2v) is 5.22. The largest absolute Gasteiger partial charge is 0.466 e. The minimum absolute atomic E-state index is 0.00729. The van der Waals surface area contributed by atoms with E-state index in [-0.39, 0.29) is 11.9 Å². The zero-order valence-corrected chi connectivity index (χ0v) is 11.5. The van der Waals surface area contributed by atoms with Gasteiger partial charge < -0.3 is 10.1 Å². The van der Waals surface area contributed by atoms with E-state index < -0.39 is 0 Å². The molecule has 0 radical (unpaired) electrons. The molecule has 1 aliphatic rings. The van der Waals surface area contributed by atoms with Crippen molar-refractivity contribution in [1.82, 2.24) is 5.32 Å². The van der Waals surface area contributed by atoms with Gasteiger partial charge in [-0.25, -0.2) is 0 Å². The summed E-state index contributed by atoms with van der Waals surface area (Å²) >= 11 is 0. The van der Waals surface area contributed by atoms with Gasteiger partial charge in [0, 0.05) is 6.04 Å². The molecule has 0 saturated heterocycles. The molecule has 1 N–H and O–H groups in total. The van der Waals surface area contributed by atoms with Gasteiger partial charge in [0.2, 0.25) is 0 Å². The number of hydrogen-bond donors (Lipinski definition) is 1. The van der Waals surface area contributed by atoms with Gasteiger partial charge in [0.15, 0.2) is 0 Å². The highest BCUT2D eigenvalue weighted by Crippen LogP contribution is 2.25. The molecule has 3 nitrogen and oxygen atoms in total. The fraction of sp³-hybridized carbons (Fsp3) is 0.929. The number of carbonyl (C=O) groups excluding carboxylic acids is 1. The molecule has 17 heavy (non-hydrogen) atoms. The summed E-state index contributed by atoms with van der Waals surface area (Å²) in [7, 11) is 0. The maximum Gasteiger partial charge on any atom is 0.308 e. The number of carbonyl (C=O) groups is 1. The summed E-state index contributed by atoms with van der Waals surface area (Å²) in [6.45, 7) is 7.98. The van der Waals surface area contributed by atoms with E-state index in [1.807, 2.05) is 6.92 Å². The van der Waals surface area contributed by atoms with Crippen molar-refractivity contribution in [3.05, 3.63) is 0 Å². The first-order valence-corrected chi connectivity index (χ1v) is 7.07. The molecule has 0 aromatic rings. The van der Waals surface area contributed by atoms with Crippen LogP contribution in [-0.4, -0.2) is 25.2 Å². The normalized spacial score (nSPS) is 26.5. The van der Waals surface area contributed by atoms with E-state index in [4.69, 9.17) is 4.74 Å². The van der Waals surface area contributed by atoms with E-state index in [0.29, 0.717) is 12.6 Å². The Bertz CT molecular complexity index is 222. The number of nitrogens with one attached hydrogen (secondary N) is 1. The standard InChI is InChI=1S/C14H27NO2/c1-4-11(3)10-15-13-8-6-12(7-9-13)14(16)17-5-2/h11-13,15H,4-10H2,1-3H3. The monoisotopic (exact) mass is 241 g/mol. The first-order valence-electron chi connectivity index (χ1n) is 7.07. The molecule has 0 aromatic carbocycles. The first-order chi connectivity index (χ1) is 8.17. The molecule has 1 unspecified atom stereocenters. The number of esters is 1. The van der Waals surface area contributed by atoms with E-state index in [2.05, 4.69) is 19.2 Å². The molecule has 1 aliphatic carbocycles. The number of hydrogen-bond acceptors (Lipinski definition) is 3. The molecule has 0 bridgehead atoms. The summed E-state index contributed by atoms with van der Waals surface area (Å²) in [5.41, 5.74) is 0. The number of rotatable bonds is 6. The van der Waals surface area contributed by atoms with E-state index in [9.17, 15) is 4.79 Å². The van der Waals surface area contributed by atoms with E-state index in [1.54, 1.807) is 0 Å². The van der Waals surface area contributed by atoms with Crippen LogP contribution in [0.25, 0.3) is 0 Å². The molecular formula is C14H27NO2. The first kappa shape index (κ1) is 14.5. The zero-order chi connectivity index (χ0) is 12.7. The van der Waals surface area contributed by atoms with Crippen LogP contribution in [0.1, 0.15) is 52.9 Å². The van der Waals surface area contributed by atoms with Crippen molar-refractivity contribution < 1.29 is 9.53 Å². The second kappa shape index (κ2) is 7.70. The van der Waals surface area contributed by atoms with Crippen LogP contribution in [0.5, 0.6) is 0 Å². The minimum atomic E-state index is 0.00729. The predicted molar refractivity (Wildman–Crippen MR) is 69.8 cm³/mol. The molecule has 100 valence electrons. The van der Waals surface area contributed by atoms with Gasteiger partial charge in [0.1, 0.15) is 0 Å². The van der Waals surface area contributed by atoms with Crippen LogP contribution in [0, 0.1) is 11.8 Å². The van der Waals surface area contributed by atoms with E-state index in [1.165, 1.54) is 6.42 Å². The lowest BCUT2D eigenvalue weighted by Gasteiger charge is -2.28. The summed E-state index contributed by atoms with van der Waals surface area (Å²) in [4.78, 5) is 11.6. The Morgan fingerprint density at radius 1 is 1.29 bits per heavy atom. The Hall–Kier alpha value is -0.570. The third kappa shape index (κ3) is 5.07. The minimum Gasteiger partial charge on any atom is -0.466 e. The number of ether oxygens (including phenoxy) is 1. The lowest BCUT2D eigenvalue weighted by Crippen LogP contribution is -2.37. The third-order valence-electron chi connectivity index (χ3n) is 3.80. The van der Waals surface area contributed by atoms with Crippen LogP contribution >= 0.6 is 0 Å². The molecule has 1 rings (SSSR count). The van der Waals surface area contributed by atoms with Crippen LogP contribution in [-0.2, 0) is 9.53 Å². The Morgan fingerprint density at radius 3 is 2.47 bits per heavy atom. The van der Waals surface area contributed by atoms with Crippen molar-refractivity contribution in [1.29, 1.82) is 0 Å². The summed E-state index contributed by atoms with van der Waals surface area (Å²) in [6.07, 6.45) is 5.42. The summed E-state index contributed by atoms with van der Waals surface area (Å²) in [5, 5.41) is 3.61. The van der Waals surface area contributed by atoms with Crippen molar-refractivity contribution >= 4 is 5.97 Å². The molecular weight excluding hydrogens is 214 g/mol. The molecule has 0 spiro atoms. The molecule has 0 heterocycles. The average Bonchev–Trinajstić information content (AvgIpc) is 2.36. The lowest BCUT2D eigenvalue weighted by atomic mass is 9.86. The SMILES string of the molecule is CCOC(=O)C1CCC(NCC(C)CC)CC1.